The van der Waals surface area contributed by atoms with Gasteiger partial charge in [-0.25, -0.2) is 0 Å². The van der Waals surface area contributed by atoms with E-state index in [2.05, 4.69) is 26.1 Å². The number of carbonyl (C=O) groups excluding carboxylic acids is 1. The quantitative estimate of drug-likeness (QED) is 0.513. The minimum absolute atomic E-state index is 0.106. The number of rotatable bonds is 10. The highest BCUT2D eigenvalue weighted by atomic mass is 16.5. The van der Waals surface area contributed by atoms with E-state index in [-0.39, 0.29) is 5.91 Å². The summed E-state index contributed by atoms with van der Waals surface area (Å²) in [7, 11) is 0. The number of hydrogen-bond acceptors (Lipinski definition) is 3. The molecule has 0 saturated heterocycles. The lowest BCUT2D eigenvalue weighted by Crippen LogP contribution is -2.24. The second-order valence-corrected chi connectivity index (χ2v) is 6.13. The zero-order valence-corrected chi connectivity index (χ0v) is 14.2. The maximum atomic E-state index is 11.7. The highest BCUT2D eigenvalue weighted by Gasteiger charge is 2.06. The molecular weight excluding hydrogens is 276 g/mol. The fourth-order valence-corrected chi connectivity index (χ4v) is 2.09. The summed E-state index contributed by atoms with van der Waals surface area (Å²) in [6, 6.07) is 5.78. The second-order valence-electron chi connectivity index (χ2n) is 6.13. The SMILES string of the molecule is CCCCCNC(=O)CCc1ccc(OCC(C)C)c(N)c1. The number of ether oxygens (including phenoxy) is 1. The monoisotopic (exact) mass is 306 g/mol. The van der Waals surface area contributed by atoms with E-state index in [1.54, 1.807) is 0 Å². The average molecular weight is 306 g/mol. The van der Waals surface area contributed by atoms with Gasteiger partial charge in [0.05, 0.1) is 12.3 Å². The van der Waals surface area contributed by atoms with Crippen molar-refractivity contribution in [2.24, 2.45) is 5.92 Å². The first-order chi connectivity index (χ1) is 10.5. The number of nitrogen functional groups attached to an aromatic ring is 1. The van der Waals surface area contributed by atoms with Crippen molar-refractivity contribution < 1.29 is 9.53 Å². The van der Waals surface area contributed by atoms with Crippen LogP contribution in [0.4, 0.5) is 5.69 Å². The Bertz CT molecular complexity index is 458. The number of nitrogens with one attached hydrogen (secondary N) is 1. The Balaban J connectivity index is 2.37. The lowest BCUT2D eigenvalue weighted by atomic mass is 10.1. The van der Waals surface area contributed by atoms with Gasteiger partial charge in [-0.05, 0) is 36.5 Å². The van der Waals surface area contributed by atoms with Crippen molar-refractivity contribution >= 4 is 11.6 Å². The minimum atomic E-state index is 0.106. The van der Waals surface area contributed by atoms with Crippen LogP contribution in [0.1, 0.15) is 52.0 Å². The number of nitrogens with two attached hydrogens (primary N) is 1. The topological polar surface area (TPSA) is 64.3 Å². The molecule has 0 radical (unpaired) electrons. The van der Waals surface area contributed by atoms with Crippen molar-refractivity contribution in [3.05, 3.63) is 23.8 Å². The molecular formula is C18H30N2O2. The molecule has 0 atom stereocenters. The number of hydrogen-bond donors (Lipinski definition) is 2. The highest BCUT2D eigenvalue weighted by molar-refractivity contribution is 5.76. The van der Waals surface area contributed by atoms with Gasteiger partial charge in [0.2, 0.25) is 5.91 Å². The third-order valence-corrected chi connectivity index (χ3v) is 3.39. The maximum absolute atomic E-state index is 11.7. The lowest BCUT2D eigenvalue weighted by Gasteiger charge is -2.12. The molecule has 4 heteroatoms. The molecule has 1 aromatic carbocycles. The molecule has 22 heavy (non-hydrogen) atoms. The van der Waals surface area contributed by atoms with Crippen LogP contribution in [0.5, 0.6) is 5.75 Å². The summed E-state index contributed by atoms with van der Waals surface area (Å²) in [5.41, 5.74) is 7.71. The van der Waals surface area contributed by atoms with Crippen LogP contribution in [0.2, 0.25) is 0 Å². The van der Waals surface area contributed by atoms with Gasteiger partial charge in [0.25, 0.3) is 0 Å². The van der Waals surface area contributed by atoms with Crippen LogP contribution in [0, 0.1) is 5.92 Å². The van der Waals surface area contributed by atoms with Crippen molar-refractivity contribution in [1.29, 1.82) is 0 Å². The molecule has 1 amide bonds. The molecule has 1 rings (SSSR count). The standard InChI is InChI=1S/C18H30N2O2/c1-4-5-6-11-20-18(21)10-8-15-7-9-17(16(19)12-15)22-13-14(2)3/h7,9,12,14H,4-6,8,10-11,13,19H2,1-3H3,(H,20,21). The summed E-state index contributed by atoms with van der Waals surface area (Å²) in [4.78, 5) is 11.7. The Labute approximate surface area is 134 Å². The Hall–Kier alpha value is -1.71. The van der Waals surface area contributed by atoms with Crippen LogP contribution in [0.25, 0.3) is 0 Å². The molecule has 0 aliphatic rings. The van der Waals surface area contributed by atoms with Crippen molar-refractivity contribution in [3.63, 3.8) is 0 Å². The molecule has 0 aliphatic carbocycles. The van der Waals surface area contributed by atoms with Crippen LogP contribution in [-0.4, -0.2) is 19.1 Å². The third kappa shape index (κ3) is 7.34. The van der Waals surface area contributed by atoms with Crippen molar-refractivity contribution in [1.82, 2.24) is 5.32 Å². The molecule has 0 unspecified atom stereocenters. The lowest BCUT2D eigenvalue weighted by molar-refractivity contribution is -0.121. The molecule has 0 bridgehead atoms. The van der Waals surface area contributed by atoms with Gasteiger partial charge >= 0.3 is 0 Å². The number of amides is 1. The van der Waals surface area contributed by atoms with Gasteiger partial charge in [-0.2, -0.15) is 0 Å². The smallest absolute Gasteiger partial charge is 0.220 e. The van der Waals surface area contributed by atoms with Crippen LogP contribution < -0.4 is 15.8 Å². The first-order valence-corrected chi connectivity index (χ1v) is 8.30. The summed E-state index contributed by atoms with van der Waals surface area (Å²) in [6.45, 7) is 7.79. The first-order valence-electron chi connectivity index (χ1n) is 8.30. The van der Waals surface area contributed by atoms with E-state index in [0.717, 1.165) is 30.7 Å². The molecule has 3 N–H and O–H groups in total. The van der Waals surface area contributed by atoms with Gasteiger partial charge in [0.15, 0.2) is 0 Å². The molecule has 0 spiro atoms. The van der Waals surface area contributed by atoms with Crippen LogP contribution in [-0.2, 0) is 11.2 Å². The molecule has 124 valence electrons. The zero-order valence-electron chi connectivity index (χ0n) is 14.2. The van der Waals surface area contributed by atoms with E-state index in [4.69, 9.17) is 10.5 Å². The van der Waals surface area contributed by atoms with Gasteiger partial charge in [-0.3, -0.25) is 4.79 Å². The van der Waals surface area contributed by atoms with E-state index < -0.39 is 0 Å². The second kappa shape index (κ2) is 10.1. The summed E-state index contributed by atoms with van der Waals surface area (Å²) in [5.74, 6) is 1.30. The van der Waals surface area contributed by atoms with E-state index >= 15 is 0 Å². The highest BCUT2D eigenvalue weighted by Crippen LogP contribution is 2.23. The molecule has 4 nitrogen and oxygen atoms in total. The normalized spacial score (nSPS) is 10.7. The van der Waals surface area contributed by atoms with Crippen LogP contribution >= 0.6 is 0 Å². The molecule has 0 aromatic heterocycles. The fourth-order valence-electron chi connectivity index (χ4n) is 2.09. The predicted octanol–water partition coefficient (Wildman–Crippen LogP) is 3.54. The summed E-state index contributed by atoms with van der Waals surface area (Å²) in [6.07, 6.45) is 4.58. The van der Waals surface area contributed by atoms with Gasteiger partial charge in [0, 0.05) is 13.0 Å². The summed E-state index contributed by atoms with van der Waals surface area (Å²) >= 11 is 0. The number of anilines is 1. The van der Waals surface area contributed by atoms with E-state index in [1.807, 2.05) is 18.2 Å². The Kier molecular flexibility index (Phi) is 8.41. The first kappa shape index (κ1) is 18.3. The third-order valence-electron chi connectivity index (χ3n) is 3.39. The van der Waals surface area contributed by atoms with E-state index in [1.165, 1.54) is 6.42 Å². The van der Waals surface area contributed by atoms with Crippen molar-refractivity contribution in [3.8, 4) is 5.75 Å². The molecule has 1 aromatic rings. The van der Waals surface area contributed by atoms with Gasteiger partial charge in [-0.1, -0.05) is 39.7 Å². The number of aryl methyl sites for hydroxylation is 1. The zero-order chi connectivity index (χ0) is 16.4. The number of unbranched alkanes of at least 4 members (excludes halogenated alkanes) is 2. The Morgan fingerprint density at radius 1 is 1.32 bits per heavy atom. The van der Waals surface area contributed by atoms with Crippen molar-refractivity contribution in [2.75, 3.05) is 18.9 Å². The largest absolute Gasteiger partial charge is 0.491 e. The average Bonchev–Trinajstić information content (AvgIpc) is 2.48. The van der Waals surface area contributed by atoms with Gasteiger partial charge < -0.3 is 15.8 Å². The Morgan fingerprint density at radius 2 is 2.09 bits per heavy atom. The fraction of sp³-hybridized carbons (Fsp3) is 0.611. The van der Waals surface area contributed by atoms with Gasteiger partial charge in [-0.15, -0.1) is 0 Å². The number of carbonyl (C=O) groups is 1. The Morgan fingerprint density at radius 3 is 2.73 bits per heavy atom. The van der Waals surface area contributed by atoms with Crippen molar-refractivity contribution in [2.45, 2.75) is 52.9 Å². The molecule has 0 aliphatic heterocycles. The van der Waals surface area contributed by atoms with Crippen LogP contribution in [0.15, 0.2) is 18.2 Å². The maximum Gasteiger partial charge on any atom is 0.220 e. The summed E-state index contributed by atoms with van der Waals surface area (Å²) < 4.78 is 5.65. The molecule has 0 saturated carbocycles. The molecule has 0 fully saturated rings. The van der Waals surface area contributed by atoms with E-state index in [9.17, 15) is 4.79 Å². The van der Waals surface area contributed by atoms with Gasteiger partial charge in [0.1, 0.15) is 5.75 Å². The van der Waals surface area contributed by atoms with Crippen LogP contribution in [0.3, 0.4) is 0 Å². The predicted molar refractivity (Wildman–Crippen MR) is 92.0 cm³/mol. The molecule has 0 heterocycles. The number of benzene rings is 1. The van der Waals surface area contributed by atoms with E-state index in [0.29, 0.717) is 31.1 Å². The minimum Gasteiger partial charge on any atom is -0.491 e. The summed E-state index contributed by atoms with van der Waals surface area (Å²) in [5, 5.41) is 2.95.